The van der Waals surface area contributed by atoms with E-state index in [1.54, 1.807) is 0 Å². The summed E-state index contributed by atoms with van der Waals surface area (Å²) >= 11 is 0. The third-order valence-electron chi connectivity index (χ3n) is 2.49. The molecule has 1 aromatic rings. The second-order valence-corrected chi connectivity index (χ2v) is 3.97. The van der Waals surface area contributed by atoms with Crippen LogP contribution < -0.4 is 15.4 Å². The lowest BCUT2D eigenvalue weighted by Crippen LogP contribution is -2.27. The number of ether oxygens (including phenoxy) is 1. The summed E-state index contributed by atoms with van der Waals surface area (Å²) in [4.78, 5) is 0. The van der Waals surface area contributed by atoms with E-state index >= 15 is 0 Å². The maximum absolute atomic E-state index is 5.58. The highest BCUT2D eigenvalue weighted by atomic mass is 16.5. The molecule has 0 radical (unpaired) electrons. The van der Waals surface area contributed by atoms with Gasteiger partial charge in [-0.25, -0.2) is 0 Å². The molecule has 2 N–H and O–H groups in total. The van der Waals surface area contributed by atoms with Crippen molar-refractivity contribution in [2.24, 2.45) is 0 Å². The van der Waals surface area contributed by atoms with Crippen LogP contribution in [0.2, 0.25) is 0 Å². The molecule has 0 aromatic heterocycles. The van der Waals surface area contributed by atoms with E-state index in [4.69, 9.17) is 4.74 Å². The Balaban J connectivity index is 2.25. The smallest absolute Gasteiger partial charge is 0.123 e. The van der Waals surface area contributed by atoms with E-state index in [2.05, 4.69) is 29.7 Å². The molecule has 0 fully saturated rings. The van der Waals surface area contributed by atoms with Gasteiger partial charge in [0.2, 0.25) is 0 Å². The van der Waals surface area contributed by atoms with E-state index < -0.39 is 0 Å². The van der Waals surface area contributed by atoms with Crippen molar-refractivity contribution in [3.05, 3.63) is 29.8 Å². The third-order valence-corrected chi connectivity index (χ3v) is 2.49. The number of benzene rings is 1. The number of rotatable bonds is 9. The summed E-state index contributed by atoms with van der Waals surface area (Å²) in [5.41, 5.74) is 1.23. The van der Waals surface area contributed by atoms with Crippen LogP contribution in [-0.4, -0.2) is 26.2 Å². The second kappa shape index (κ2) is 9.02. The molecule has 1 aromatic carbocycles. The van der Waals surface area contributed by atoms with Crippen LogP contribution in [0.4, 0.5) is 0 Å². The molecule has 0 aliphatic carbocycles. The Hall–Kier alpha value is -1.06. The van der Waals surface area contributed by atoms with Gasteiger partial charge in [0.15, 0.2) is 0 Å². The molecule has 3 nitrogen and oxygen atoms in total. The van der Waals surface area contributed by atoms with Crippen LogP contribution in [0, 0.1) is 0 Å². The van der Waals surface area contributed by atoms with Crippen LogP contribution in [0.25, 0.3) is 0 Å². The summed E-state index contributed by atoms with van der Waals surface area (Å²) in [7, 11) is 0. The van der Waals surface area contributed by atoms with Crippen LogP contribution in [0.1, 0.15) is 25.8 Å². The molecular weight excluding hydrogens is 212 g/mol. The third kappa shape index (κ3) is 5.71. The molecule has 0 atom stereocenters. The van der Waals surface area contributed by atoms with Crippen molar-refractivity contribution in [2.75, 3.05) is 26.2 Å². The highest BCUT2D eigenvalue weighted by molar-refractivity contribution is 5.33. The molecule has 96 valence electrons. The van der Waals surface area contributed by atoms with Crippen LogP contribution >= 0.6 is 0 Å². The summed E-state index contributed by atoms with van der Waals surface area (Å²) in [6.45, 7) is 8.87. The lowest BCUT2D eigenvalue weighted by molar-refractivity contribution is 0.335. The summed E-state index contributed by atoms with van der Waals surface area (Å²) in [5, 5.41) is 6.78. The summed E-state index contributed by atoms with van der Waals surface area (Å²) in [6, 6.07) is 8.19. The van der Waals surface area contributed by atoms with Crippen molar-refractivity contribution in [1.82, 2.24) is 10.6 Å². The van der Waals surface area contributed by atoms with E-state index in [9.17, 15) is 0 Å². The molecule has 0 amide bonds. The lowest BCUT2D eigenvalue weighted by atomic mass is 10.2. The first-order chi connectivity index (χ1) is 8.38. The SMILES string of the molecule is CCCNCCNCc1ccccc1OCC. The zero-order valence-corrected chi connectivity index (χ0v) is 11.0. The van der Waals surface area contributed by atoms with E-state index in [0.717, 1.165) is 38.5 Å². The molecule has 1 rings (SSSR count). The summed E-state index contributed by atoms with van der Waals surface area (Å²) in [5.74, 6) is 0.990. The second-order valence-electron chi connectivity index (χ2n) is 3.97. The molecule has 0 saturated carbocycles. The topological polar surface area (TPSA) is 33.3 Å². The minimum atomic E-state index is 0.717. The van der Waals surface area contributed by atoms with Gasteiger partial charge in [-0.15, -0.1) is 0 Å². The molecule has 0 saturated heterocycles. The van der Waals surface area contributed by atoms with Crippen molar-refractivity contribution in [3.8, 4) is 5.75 Å². The molecule has 0 bridgehead atoms. The van der Waals surface area contributed by atoms with Crippen LogP contribution in [-0.2, 0) is 6.54 Å². The largest absolute Gasteiger partial charge is 0.494 e. The zero-order chi connectivity index (χ0) is 12.3. The molecule has 0 heterocycles. The predicted molar refractivity (Wildman–Crippen MR) is 72.5 cm³/mol. The zero-order valence-electron chi connectivity index (χ0n) is 11.0. The molecule has 0 unspecified atom stereocenters. The molecule has 0 aliphatic heterocycles. The fraction of sp³-hybridized carbons (Fsp3) is 0.571. The Labute approximate surface area is 105 Å². The predicted octanol–water partition coefficient (Wildman–Crippen LogP) is 2.17. The highest BCUT2D eigenvalue weighted by Crippen LogP contribution is 2.17. The van der Waals surface area contributed by atoms with Gasteiger partial charge in [0.1, 0.15) is 5.75 Å². The van der Waals surface area contributed by atoms with E-state index in [0.29, 0.717) is 0 Å². The highest BCUT2D eigenvalue weighted by Gasteiger charge is 2.00. The number of hydrogen-bond acceptors (Lipinski definition) is 3. The van der Waals surface area contributed by atoms with Crippen molar-refractivity contribution in [1.29, 1.82) is 0 Å². The van der Waals surface area contributed by atoms with Gasteiger partial charge in [0, 0.05) is 25.2 Å². The average Bonchev–Trinajstić information content (AvgIpc) is 2.36. The normalized spacial score (nSPS) is 10.5. The van der Waals surface area contributed by atoms with Crippen molar-refractivity contribution >= 4 is 0 Å². The van der Waals surface area contributed by atoms with Crippen LogP contribution in [0.5, 0.6) is 5.75 Å². The van der Waals surface area contributed by atoms with Gasteiger partial charge in [-0.2, -0.15) is 0 Å². The monoisotopic (exact) mass is 236 g/mol. The minimum Gasteiger partial charge on any atom is -0.494 e. The van der Waals surface area contributed by atoms with E-state index in [-0.39, 0.29) is 0 Å². The van der Waals surface area contributed by atoms with Gasteiger partial charge in [-0.3, -0.25) is 0 Å². The quantitative estimate of drug-likeness (QED) is 0.645. The minimum absolute atomic E-state index is 0.717. The van der Waals surface area contributed by atoms with Crippen LogP contribution in [0.15, 0.2) is 24.3 Å². The van der Waals surface area contributed by atoms with Gasteiger partial charge < -0.3 is 15.4 Å². The van der Waals surface area contributed by atoms with Crippen molar-refractivity contribution < 1.29 is 4.74 Å². The average molecular weight is 236 g/mol. The van der Waals surface area contributed by atoms with E-state index in [1.807, 2.05) is 19.1 Å². The standard InChI is InChI=1S/C14H24N2O/c1-3-9-15-10-11-16-12-13-7-5-6-8-14(13)17-4-2/h5-8,15-16H,3-4,9-12H2,1-2H3. The molecule has 3 heteroatoms. The van der Waals surface area contributed by atoms with Gasteiger partial charge in [0.05, 0.1) is 6.61 Å². The molecule has 17 heavy (non-hydrogen) atoms. The Morgan fingerprint density at radius 1 is 1.00 bits per heavy atom. The van der Waals surface area contributed by atoms with Gasteiger partial charge >= 0.3 is 0 Å². The number of nitrogens with one attached hydrogen (secondary N) is 2. The summed E-state index contributed by atoms with van der Waals surface area (Å²) in [6.07, 6.45) is 1.19. The van der Waals surface area contributed by atoms with Gasteiger partial charge in [-0.1, -0.05) is 25.1 Å². The Morgan fingerprint density at radius 3 is 2.53 bits per heavy atom. The first-order valence-electron chi connectivity index (χ1n) is 6.50. The molecule has 0 spiro atoms. The number of para-hydroxylation sites is 1. The van der Waals surface area contributed by atoms with Gasteiger partial charge in [-0.05, 0) is 26.0 Å². The van der Waals surface area contributed by atoms with Crippen LogP contribution in [0.3, 0.4) is 0 Å². The fourth-order valence-electron chi connectivity index (χ4n) is 1.65. The van der Waals surface area contributed by atoms with Gasteiger partial charge in [0.25, 0.3) is 0 Å². The van der Waals surface area contributed by atoms with Crippen molar-refractivity contribution in [2.45, 2.75) is 26.8 Å². The maximum atomic E-state index is 5.58. The van der Waals surface area contributed by atoms with Crippen molar-refractivity contribution in [3.63, 3.8) is 0 Å². The number of hydrogen-bond donors (Lipinski definition) is 2. The maximum Gasteiger partial charge on any atom is 0.123 e. The summed E-state index contributed by atoms with van der Waals surface area (Å²) < 4.78 is 5.58. The first-order valence-corrected chi connectivity index (χ1v) is 6.50. The Morgan fingerprint density at radius 2 is 1.76 bits per heavy atom. The Bertz CT molecular complexity index is 302. The lowest BCUT2D eigenvalue weighted by Gasteiger charge is -2.11. The first kappa shape index (κ1) is 14.0. The fourth-order valence-corrected chi connectivity index (χ4v) is 1.65. The molecule has 0 aliphatic rings. The van der Waals surface area contributed by atoms with E-state index in [1.165, 1.54) is 12.0 Å². The Kier molecular flexibility index (Phi) is 7.43. The molecular formula is C14H24N2O.